The van der Waals surface area contributed by atoms with Gasteiger partial charge in [-0.3, -0.25) is 9.69 Å². The number of nitrogens with zero attached hydrogens (tertiary/aromatic N) is 3. The summed E-state index contributed by atoms with van der Waals surface area (Å²) in [4.78, 5) is 20.5. The van der Waals surface area contributed by atoms with Crippen molar-refractivity contribution in [2.75, 3.05) is 46.3 Å². The molecule has 128 valence electrons. The second-order valence-electron chi connectivity index (χ2n) is 6.33. The molecule has 4 nitrogen and oxygen atoms in total. The van der Waals surface area contributed by atoms with Gasteiger partial charge in [0.2, 0.25) is 0 Å². The molecule has 1 aliphatic heterocycles. The highest BCUT2D eigenvalue weighted by Gasteiger charge is 2.19. The summed E-state index contributed by atoms with van der Waals surface area (Å²) in [5, 5.41) is 1.97. The molecule has 1 amide bonds. The Balaban J connectivity index is 1.64. The van der Waals surface area contributed by atoms with Crippen LogP contribution in [0.15, 0.2) is 47.8 Å². The van der Waals surface area contributed by atoms with Gasteiger partial charge < -0.3 is 9.80 Å². The minimum Gasteiger partial charge on any atom is -0.332 e. The van der Waals surface area contributed by atoms with Crippen LogP contribution in [0.4, 0.5) is 0 Å². The average Bonchev–Trinajstić information content (AvgIpc) is 3.15. The van der Waals surface area contributed by atoms with Gasteiger partial charge >= 0.3 is 0 Å². The third-order valence-corrected chi connectivity index (χ3v) is 5.38. The summed E-state index contributed by atoms with van der Waals surface area (Å²) in [5.74, 6) is 0.142. The Bertz CT molecular complexity index is 621. The summed E-state index contributed by atoms with van der Waals surface area (Å²) in [7, 11) is 2.17. The zero-order chi connectivity index (χ0) is 16.8. The van der Waals surface area contributed by atoms with Crippen LogP contribution in [0.3, 0.4) is 0 Å². The number of hydrogen-bond donors (Lipinski definition) is 0. The van der Waals surface area contributed by atoms with E-state index < -0.39 is 0 Å². The number of carbonyl (C=O) groups is 1. The van der Waals surface area contributed by atoms with Crippen LogP contribution in [-0.2, 0) is 6.54 Å². The molecule has 1 aliphatic rings. The first-order valence-corrected chi connectivity index (χ1v) is 9.38. The lowest BCUT2D eigenvalue weighted by Gasteiger charge is -2.34. The largest absolute Gasteiger partial charge is 0.332 e. The molecule has 0 atom stereocenters. The second-order valence-corrected chi connectivity index (χ2v) is 7.28. The van der Waals surface area contributed by atoms with Crippen LogP contribution >= 0.6 is 11.3 Å². The molecule has 3 rings (SSSR count). The van der Waals surface area contributed by atoms with E-state index in [4.69, 9.17) is 0 Å². The maximum absolute atomic E-state index is 12.8. The number of thiophene rings is 1. The third-order valence-electron chi connectivity index (χ3n) is 4.52. The number of amides is 1. The smallest absolute Gasteiger partial charge is 0.264 e. The van der Waals surface area contributed by atoms with Gasteiger partial charge in [-0.15, -0.1) is 11.3 Å². The van der Waals surface area contributed by atoms with Gasteiger partial charge in [-0.1, -0.05) is 36.4 Å². The molecule has 2 aromatic rings. The highest BCUT2D eigenvalue weighted by Crippen LogP contribution is 2.15. The summed E-state index contributed by atoms with van der Waals surface area (Å²) in [6.45, 7) is 6.78. The third kappa shape index (κ3) is 4.66. The maximum Gasteiger partial charge on any atom is 0.264 e. The fourth-order valence-corrected chi connectivity index (χ4v) is 3.64. The topological polar surface area (TPSA) is 26.8 Å². The minimum absolute atomic E-state index is 0.142. The molecular weight excluding hydrogens is 318 g/mol. The molecule has 1 fully saturated rings. The molecule has 0 aliphatic carbocycles. The summed E-state index contributed by atoms with van der Waals surface area (Å²) in [6, 6.07) is 14.1. The van der Waals surface area contributed by atoms with Crippen LogP contribution in [0.25, 0.3) is 0 Å². The van der Waals surface area contributed by atoms with E-state index in [1.807, 2.05) is 40.6 Å². The lowest BCUT2D eigenvalue weighted by molar-refractivity contribution is 0.0705. The van der Waals surface area contributed by atoms with Crippen LogP contribution in [-0.4, -0.2) is 66.9 Å². The maximum atomic E-state index is 12.8. The van der Waals surface area contributed by atoms with Gasteiger partial charge in [-0.2, -0.15) is 0 Å². The van der Waals surface area contributed by atoms with Crippen molar-refractivity contribution in [3.05, 3.63) is 58.3 Å². The summed E-state index contributed by atoms with van der Waals surface area (Å²) in [6.07, 6.45) is 0. The first-order chi connectivity index (χ1) is 11.7. The molecule has 1 saturated heterocycles. The quantitative estimate of drug-likeness (QED) is 0.807. The molecule has 1 aromatic heterocycles. The van der Waals surface area contributed by atoms with Crippen molar-refractivity contribution >= 4 is 17.2 Å². The molecule has 0 saturated carbocycles. The van der Waals surface area contributed by atoms with E-state index in [0.29, 0.717) is 6.54 Å². The Morgan fingerprint density at radius 2 is 1.83 bits per heavy atom. The molecule has 0 N–H and O–H groups in total. The molecule has 0 unspecified atom stereocenters. The number of carbonyl (C=O) groups excluding carboxylic acids is 1. The van der Waals surface area contributed by atoms with Crippen LogP contribution in [0.5, 0.6) is 0 Å². The van der Waals surface area contributed by atoms with E-state index >= 15 is 0 Å². The Hall–Kier alpha value is -1.69. The van der Waals surface area contributed by atoms with E-state index in [2.05, 4.69) is 29.0 Å². The van der Waals surface area contributed by atoms with Crippen molar-refractivity contribution in [2.45, 2.75) is 6.54 Å². The summed E-state index contributed by atoms with van der Waals surface area (Å²) in [5.41, 5.74) is 1.18. The monoisotopic (exact) mass is 343 g/mol. The molecule has 24 heavy (non-hydrogen) atoms. The van der Waals surface area contributed by atoms with Crippen LogP contribution in [0.1, 0.15) is 15.2 Å². The van der Waals surface area contributed by atoms with Gasteiger partial charge in [0.1, 0.15) is 0 Å². The van der Waals surface area contributed by atoms with E-state index in [1.165, 1.54) is 16.9 Å². The van der Waals surface area contributed by atoms with E-state index in [-0.39, 0.29) is 5.91 Å². The number of hydrogen-bond acceptors (Lipinski definition) is 4. The van der Waals surface area contributed by atoms with Crippen molar-refractivity contribution in [2.24, 2.45) is 0 Å². The lowest BCUT2D eigenvalue weighted by atomic mass is 10.2. The predicted octanol–water partition coefficient (Wildman–Crippen LogP) is 2.64. The van der Waals surface area contributed by atoms with Crippen molar-refractivity contribution in [3.8, 4) is 0 Å². The molecule has 0 spiro atoms. The van der Waals surface area contributed by atoms with Crippen LogP contribution in [0.2, 0.25) is 0 Å². The zero-order valence-electron chi connectivity index (χ0n) is 14.2. The predicted molar refractivity (Wildman–Crippen MR) is 99.4 cm³/mol. The lowest BCUT2D eigenvalue weighted by Crippen LogP contribution is -2.47. The number of likely N-dealkylation sites (N-methyl/N-ethyl adjacent to an activating group) is 1. The molecule has 2 heterocycles. The first kappa shape index (κ1) is 17.1. The Morgan fingerprint density at radius 1 is 1.08 bits per heavy atom. The standard InChI is InChI=1S/C19H25N3OS/c1-20-9-11-21(12-10-20)13-14-22(16-17-6-3-2-4-7-17)19(23)18-8-5-15-24-18/h2-8,15H,9-14,16H2,1H3. The van der Waals surface area contributed by atoms with E-state index in [9.17, 15) is 4.79 Å². The molecular formula is C19H25N3OS. The van der Waals surface area contributed by atoms with Crippen LogP contribution in [0, 0.1) is 0 Å². The van der Waals surface area contributed by atoms with Crippen molar-refractivity contribution in [1.82, 2.24) is 14.7 Å². The summed E-state index contributed by atoms with van der Waals surface area (Å²) < 4.78 is 0. The summed E-state index contributed by atoms with van der Waals surface area (Å²) >= 11 is 1.52. The average molecular weight is 343 g/mol. The highest BCUT2D eigenvalue weighted by atomic mass is 32.1. The van der Waals surface area contributed by atoms with Gasteiger partial charge in [-0.05, 0) is 24.1 Å². The SMILES string of the molecule is CN1CCN(CCN(Cc2ccccc2)C(=O)c2cccs2)CC1. The second kappa shape index (κ2) is 8.42. The zero-order valence-corrected chi connectivity index (χ0v) is 15.0. The first-order valence-electron chi connectivity index (χ1n) is 8.50. The van der Waals surface area contributed by atoms with Crippen LogP contribution < -0.4 is 0 Å². The van der Waals surface area contributed by atoms with Gasteiger partial charge in [0.25, 0.3) is 5.91 Å². The number of benzene rings is 1. The Kier molecular flexibility index (Phi) is 6.01. The minimum atomic E-state index is 0.142. The Labute approximate surface area is 148 Å². The normalized spacial score (nSPS) is 16.2. The highest BCUT2D eigenvalue weighted by molar-refractivity contribution is 7.12. The molecule has 1 aromatic carbocycles. The van der Waals surface area contributed by atoms with Crippen molar-refractivity contribution in [1.29, 1.82) is 0 Å². The van der Waals surface area contributed by atoms with Gasteiger partial charge in [-0.25, -0.2) is 0 Å². The van der Waals surface area contributed by atoms with Gasteiger partial charge in [0.15, 0.2) is 0 Å². The van der Waals surface area contributed by atoms with Crippen molar-refractivity contribution in [3.63, 3.8) is 0 Å². The molecule has 0 bridgehead atoms. The fourth-order valence-electron chi connectivity index (χ4n) is 2.95. The number of rotatable bonds is 6. The fraction of sp³-hybridized carbons (Fsp3) is 0.421. The van der Waals surface area contributed by atoms with E-state index in [0.717, 1.165) is 44.1 Å². The molecule has 0 radical (unpaired) electrons. The van der Waals surface area contributed by atoms with Gasteiger partial charge in [0.05, 0.1) is 4.88 Å². The van der Waals surface area contributed by atoms with Crippen molar-refractivity contribution < 1.29 is 4.79 Å². The van der Waals surface area contributed by atoms with E-state index in [1.54, 1.807) is 0 Å². The van der Waals surface area contributed by atoms with Gasteiger partial charge in [0, 0.05) is 45.8 Å². The number of piperazine rings is 1. The molecule has 5 heteroatoms. The Morgan fingerprint density at radius 3 is 2.50 bits per heavy atom.